The van der Waals surface area contributed by atoms with Crippen molar-refractivity contribution >= 4 is 15.9 Å². The van der Waals surface area contributed by atoms with E-state index in [0.717, 1.165) is 11.1 Å². The zero-order valence-corrected chi connectivity index (χ0v) is 23.4. The first kappa shape index (κ1) is 28.2. The molecular formula is C29H34N2O7S. The van der Waals surface area contributed by atoms with Gasteiger partial charge in [-0.2, -0.15) is 0 Å². The quantitative estimate of drug-likeness (QED) is 0.392. The van der Waals surface area contributed by atoms with Gasteiger partial charge in [0.15, 0.2) is 9.84 Å². The Bertz CT molecular complexity index is 1520. The fourth-order valence-electron chi connectivity index (χ4n) is 4.83. The summed E-state index contributed by atoms with van der Waals surface area (Å²) >= 11 is 0. The number of hydrogen-bond donors (Lipinski definition) is 2. The van der Waals surface area contributed by atoms with E-state index in [0.29, 0.717) is 54.1 Å². The molecule has 1 fully saturated rings. The van der Waals surface area contributed by atoms with Crippen LogP contribution in [-0.4, -0.2) is 42.1 Å². The Labute approximate surface area is 228 Å². The third kappa shape index (κ3) is 6.44. The van der Waals surface area contributed by atoms with Gasteiger partial charge in [-0.25, -0.2) is 13.2 Å². The van der Waals surface area contributed by atoms with Crippen LogP contribution in [0.15, 0.2) is 58.4 Å². The highest BCUT2D eigenvalue weighted by molar-refractivity contribution is 7.91. The molecule has 0 saturated heterocycles. The molecule has 0 unspecified atom stereocenters. The number of aromatic nitrogens is 1. The van der Waals surface area contributed by atoms with Gasteiger partial charge < -0.3 is 24.5 Å². The minimum Gasteiger partial charge on any atom is -0.490 e. The summed E-state index contributed by atoms with van der Waals surface area (Å²) in [7, 11) is -1.91. The number of nitrogens with one attached hydrogen (secondary N) is 1. The van der Waals surface area contributed by atoms with Gasteiger partial charge in [-0.3, -0.25) is 4.79 Å². The summed E-state index contributed by atoms with van der Waals surface area (Å²) in [5.74, 6) is 1.36. The number of carboxylic acid groups (broad SMARTS) is 1. The molecule has 0 aliphatic heterocycles. The standard InChI is InChI=1S/C29H34N2O7S/c1-5-39(35,36)22-13-14-25(38-28-18(2)7-6-8-19(28)3)23(15-22)24-17-31(4)27(32)16-26(24)37-21-11-9-20(10-12-21)30-29(33)34/h6-8,13-17,20-21,30H,5,9-12H2,1-4H3,(H,33,34). The molecule has 0 atom stereocenters. The molecule has 1 amide bonds. The van der Waals surface area contributed by atoms with Crippen LogP contribution in [0.5, 0.6) is 17.2 Å². The number of hydrogen-bond acceptors (Lipinski definition) is 6. The molecule has 1 aromatic heterocycles. The molecule has 1 aliphatic carbocycles. The summed E-state index contributed by atoms with van der Waals surface area (Å²) in [6, 6.07) is 11.8. The molecule has 39 heavy (non-hydrogen) atoms. The van der Waals surface area contributed by atoms with E-state index in [2.05, 4.69) is 5.32 Å². The van der Waals surface area contributed by atoms with Crippen LogP contribution in [0.1, 0.15) is 43.7 Å². The van der Waals surface area contributed by atoms with Crippen molar-refractivity contribution in [3.63, 3.8) is 0 Å². The zero-order valence-electron chi connectivity index (χ0n) is 22.6. The number of pyridine rings is 1. The van der Waals surface area contributed by atoms with Gasteiger partial charge in [0.25, 0.3) is 5.56 Å². The topological polar surface area (TPSA) is 124 Å². The summed E-state index contributed by atoms with van der Waals surface area (Å²) in [6.45, 7) is 5.47. The zero-order chi connectivity index (χ0) is 28.3. The lowest BCUT2D eigenvalue weighted by molar-refractivity contribution is 0.134. The maximum Gasteiger partial charge on any atom is 0.404 e. The maximum atomic E-state index is 12.8. The minimum absolute atomic E-state index is 0.0617. The largest absolute Gasteiger partial charge is 0.490 e. The molecule has 1 aliphatic rings. The van der Waals surface area contributed by atoms with E-state index < -0.39 is 15.9 Å². The number of nitrogens with zero attached hydrogens (tertiary/aromatic N) is 1. The third-order valence-electron chi connectivity index (χ3n) is 7.09. The highest BCUT2D eigenvalue weighted by Gasteiger charge is 2.26. The number of amides is 1. The van der Waals surface area contributed by atoms with Crippen molar-refractivity contribution in [2.45, 2.75) is 63.5 Å². The first-order valence-electron chi connectivity index (χ1n) is 13.0. The molecule has 10 heteroatoms. The van der Waals surface area contributed by atoms with E-state index in [1.54, 1.807) is 32.3 Å². The molecule has 208 valence electrons. The van der Waals surface area contributed by atoms with E-state index in [1.807, 2.05) is 32.0 Å². The molecule has 1 heterocycles. The third-order valence-corrected chi connectivity index (χ3v) is 8.82. The number of benzene rings is 2. The number of carbonyl (C=O) groups is 1. The van der Waals surface area contributed by atoms with Crippen molar-refractivity contribution in [1.82, 2.24) is 9.88 Å². The second kappa shape index (κ2) is 11.5. The van der Waals surface area contributed by atoms with Gasteiger partial charge in [0.05, 0.1) is 16.8 Å². The Balaban J connectivity index is 1.79. The van der Waals surface area contributed by atoms with Crippen molar-refractivity contribution in [2.24, 2.45) is 7.05 Å². The highest BCUT2D eigenvalue weighted by Crippen LogP contribution is 2.41. The number of sulfone groups is 1. The van der Waals surface area contributed by atoms with E-state index in [1.165, 1.54) is 16.7 Å². The molecule has 0 spiro atoms. The van der Waals surface area contributed by atoms with Gasteiger partial charge >= 0.3 is 6.09 Å². The molecule has 3 aromatic rings. The average molecular weight is 555 g/mol. The fourth-order valence-corrected chi connectivity index (χ4v) is 5.74. The van der Waals surface area contributed by atoms with Gasteiger partial charge in [0.2, 0.25) is 0 Å². The molecular weight excluding hydrogens is 520 g/mol. The monoisotopic (exact) mass is 554 g/mol. The lowest BCUT2D eigenvalue weighted by Crippen LogP contribution is -2.39. The Hall–Kier alpha value is -3.79. The Kier molecular flexibility index (Phi) is 8.34. The Morgan fingerprint density at radius 1 is 1.03 bits per heavy atom. The first-order chi connectivity index (χ1) is 18.5. The second-order valence-electron chi connectivity index (χ2n) is 9.93. The van der Waals surface area contributed by atoms with Crippen LogP contribution in [0.25, 0.3) is 11.1 Å². The lowest BCUT2D eigenvalue weighted by Gasteiger charge is -2.29. The first-order valence-corrected chi connectivity index (χ1v) is 14.6. The van der Waals surface area contributed by atoms with Crippen LogP contribution in [0.3, 0.4) is 0 Å². The summed E-state index contributed by atoms with van der Waals surface area (Å²) in [6.07, 6.45) is 2.79. The summed E-state index contributed by atoms with van der Waals surface area (Å²) in [5, 5.41) is 11.5. The predicted octanol–water partition coefficient (Wildman–Crippen LogP) is 5.21. The van der Waals surface area contributed by atoms with Crippen LogP contribution in [0.4, 0.5) is 4.79 Å². The molecule has 1 saturated carbocycles. The Morgan fingerprint density at radius 3 is 2.31 bits per heavy atom. The normalized spacial score (nSPS) is 17.4. The van der Waals surface area contributed by atoms with E-state index in [-0.39, 0.29) is 28.4 Å². The van der Waals surface area contributed by atoms with Crippen LogP contribution in [0.2, 0.25) is 0 Å². The van der Waals surface area contributed by atoms with Gasteiger partial charge in [0, 0.05) is 36.5 Å². The van der Waals surface area contributed by atoms with E-state index in [4.69, 9.17) is 14.6 Å². The molecule has 4 rings (SSSR count). The molecule has 2 aromatic carbocycles. The second-order valence-corrected chi connectivity index (χ2v) is 12.2. The van der Waals surface area contributed by atoms with Crippen molar-refractivity contribution in [2.75, 3.05) is 5.75 Å². The summed E-state index contributed by atoms with van der Waals surface area (Å²) in [5.41, 5.74) is 2.59. The van der Waals surface area contributed by atoms with E-state index >= 15 is 0 Å². The van der Waals surface area contributed by atoms with Crippen LogP contribution < -0.4 is 20.3 Å². The van der Waals surface area contributed by atoms with Gasteiger partial charge in [-0.05, 0) is 68.9 Å². The molecule has 2 N–H and O–H groups in total. The predicted molar refractivity (Wildman–Crippen MR) is 149 cm³/mol. The smallest absolute Gasteiger partial charge is 0.404 e. The van der Waals surface area contributed by atoms with Crippen LogP contribution >= 0.6 is 0 Å². The summed E-state index contributed by atoms with van der Waals surface area (Å²) < 4.78 is 39.8. The van der Waals surface area contributed by atoms with Crippen molar-refractivity contribution in [1.29, 1.82) is 0 Å². The number of rotatable bonds is 8. The summed E-state index contributed by atoms with van der Waals surface area (Å²) in [4.78, 5) is 23.8. The maximum absolute atomic E-state index is 12.8. The molecule has 0 radical (unpaired) electrons. The van der Waals surface area contributed by atoms with Crippen molar-refractivity contribution < 1.29 is 27.8 Å². The highest BCUT2D eigenvalue weighted by atomic mass is 32.2. The van der Waals surface area contributed by atoms with Crippen molar-refractivity contribution in [3.05, 3.63) is 70.1 Å². The average Bonchev–Trinajstić information content (AvgIpc) is 2.89. The number of ether oxygens (including phenoxy) is 2. The minimum atomic E-state index is -3.53. The van der Waals surface area contributed by atoms with E-state index in [9.17, 15) is 18.0 Å². The van der Waals surface area contributed by atoms with Gasteiger partial charge in [-0.15, -0.1) is 0 Å². The molecule has 0 bridgehead atoms. The van der Waals surface area contributed by atoms with Crippen molar-refractivity contribution in [3.8, 4) is 28.4 Å². The van der Waals surface area contributed by atoms with Gasteiger partial charge in [0.1, 0.15) is 17.2 Å². The molecule has 9 nitrogen and oxygen atoms in total. The van der Waals surface area contributed by atoms with Gasteiger partial charge in [-0.1, -0.05) is 25.1 Å². The SMILES string of the molecule is CCS(=O)(=O)c1ccc(Oc2c(C)cccc2C)c(-c2cn(C)c(=O)cc2OC2CCC(NC(=O)O)CC2)c1. The number of aryl methyl sites for hydroxylation is 3. The Morgan fingerprint density at radius 2 is 1.69 bits per heavy atom. The lowest BCUT2D eigenvalue weighted by atomic mass is 9.93. The van der Waals surface area contributed by atoms with Crippen LogP contribution in [-0.2, 0) is 16.9 Å². The fraction of sp³-hybridized carbons (Fsp3) is 0.379. The number of para-hydroxylation sites is 1. The van der Waals surface area contributed by atoms with Crippen LogP contribution in [0, 0.1) is 13.8 Å².